The lowest BCUT2D eigenvalue weighted by atomic mass is 10.2. The predicted molar refractivity (Wildman–Crippen MR) is 112 cm³/mol. The van der Waals surface area contributed by atoms with E-state index in [9.17, 15) is 19.5 Å². The fourth-order valence-corrected chi connectivity index (χ4v) is 4.01. The first-order valence-corrected chi connectivity index (χ1v) is 9.60. The quantitative estimate of drug-likeness (QED) is 0.518. The molecule has 0 aliphatic carbocycles. The van der Waals surface area contributed by atoms with Crippen LogP contribution < -0.4 is 9.64 Å². The van der Waals surface area contributed by atoms with Gasteiger partial charge in [0, 0.05) is 0 Å². The predicted octanol–water partition coefficient (Wildman–Crippen LogP) is 2.59. The minimum absolute atomic E-state index is 0.192. The summed E-state index contributed by atoms with van der Waals surface area (Å²) in [6.45, 7) is 1.01. The van der Waals surface area contributed by atoms with Gasteiger partial charge in [-0.05, 0) is 36.8 Å². The molecule has 0 radical (unpaired) electrons. The van der Waals surface area contributed by atoms with E-state index in [0.29, 0.717) is 27.8 Å². The number of carbonyl (C=O) groups excluding carboxylic acids is 1. The van der Waals surface area contributed by atoms with Gasteiger partial charge in [0.1, 0.15) is 17.4 Å². The van der Waals surface area contributed by atoms with Crippen LogP contribution in [0.2, 0.25) is 0 Å². The molecule has 0 unspecified atom stereocenters. The van der Waals surface area contributed by atoms with Gasteiger partial charge >= 0.3 is 11.9 Å². The van der Waals surface area contributed by atoms with Gasteiger partial charge in [0.2, 0.25) is 5.88 Å². The number of carboxylic acid groups (broad SMARTS) is 2. The molecule has 10 heteroatoms. The standard InChI is InChI=1S/C19H16N2O6S2/c1-11(8-14-18(26)21(10-17(24)25)19(28)29-14)6-7-15-20(9-16(22)23)12-4-2-3-5-13(12)27-15/h2-8H,9-10H2,1H3,(H,22,23)(H,24,25). The number of carboxylic acids is 2. The van der Waals surface area contributed by atoms with Crippen molar-refractivity contribution in [2.24, 2.45) is 0 Å². The van der Waals surface area contributed by atoms with E-state index in [4.69, 9.17) is 22.1 Å². The van der Waals surface area contributed by atoms with E-state index in [1.807, 2.05) is 0 Å². The highest BCUT2D eigenvalue weighted by atomic mass is 32.2. The van der Waals surface area contributed by atoms with Crippen molar-refractivity contribution in [3.05, 3.63) is 58.9 Å². The van der Waals surface area contributed by atoms with Crippen LogP contribution >= 0.6 is 24.0 Å². The molecule has 0 aromatic heterocycles. The molecule has 1 fully saturated rings. The van der Waals surface area contributed by atoms with E-state index < -0.39 is 24.4 Å². The van der Waals surface area contributed by atoms with E-state index in [1.54, 1.807) is 49.4 Å². The Kier molecular flexibility index (Phi) is 6.04. The molecular formula is C19H16N2O6S2. The van der Waals surface area contributed by atoms with Crippen molar-refractivity contribution in [1.29, 1.82) is 0 Å². The van der Waals surface area contributed by atoms with Crippen LogP contribution in [0.1, 0.15) is 6.92 Å². The number of fused-ring (bicyclic) bond motifs is 1. The number of carbonyl (C=O) groups is 3. The highest BCUT2D eigenvalue weighted by Gasteiger charge is 2.33. The Bertz CT molecular complexity index is 998. The van der Waals surface area contributed by atoms with Crippen molar-refractivity contribution in [3.8, 4) is 5.75 Å². The maximum absolute atomic E-state index is 12.3. The summed E-state index contributed by atoms with van der Waals surface area (Å²) < 4.78 is 5.92. The fourth-order valence-electron chi connectivity index (χ4n) is 2.70. The highest BCUT2D eigenvalue weighted by molar-refractivity contribution is 8.26. The van der Waals surface area contributed by atoms with Crippen LogP contribution in [-0.2, 0) is 14.4 Å². The Morgan fingerprint density at radius 3 is 2.52 bits per heavy atom. The molecule has 1 aromatic rings. The van der Waals surface area contributed by atoms with Gasteiger partial charge in [-0.2, -0.15) is 0 Å². The van der Waals surface area contributed by atoms with Gasteiger partial charge in [0.05, 0.1) is 10.6 Å². The Hall–Kier alpha value is -3.11. The van der Waals surface area contributed by atoms with Gasteiger partial charge in [0.25, 0.3) is 5.91 Å². The van der Waals surface area contributed by atoms with Crippen LogP contribution in [0.4, 0.5) is 5.69 Å². The number of hydrogen-bond acceptors (Lipinski definition) is 7. The number of allylic oxidation sites excluding steroid dienone is 4. The van der Waals surface area contributed by atoms with Gasteiger partial charge in [-0.1, -0.05) is 42.2 Å². The molecule has 29 heavy (non-hydrogen) atoms. The molecule has 2 aliphatic rings. The lowest BCUT2D eigenvalue weighted by Crippen LogP contribution is -2.33. The average Bonchev–Trinajstić information content (AvgIpc) is 3.12. The van der Waals surface area contributed by atoms with Crippen LogP contribution in [0, 0.1) is 0 Å². The monoisotopic (exact) mass is 432 g/mol. The minimum atomic E-state index is -1.14. The first-order chi connectivity index (χ1) is 13.8. The highest BCUT2D eigenvalue weighted by Crippen LogP contribution is 2.38. The third-order valence-corrected chi connectivity index (χ3v) is 5.32. The Morgan fingerprint density at radius 1 is 1.17 bits per heavy atom. The Morgan fingerprint density at radius 2 is 1.83 bits per heavy atom. The lowest BCUT2D eigenvalue weighted by molar-refractivity contribution is -0.140. The van der Waals surface area contributed by atoms with Crippen molar-refractivity contribution in [3.63, 3.8) is 0 Å². The molecule has 150 valence electrons. The summed E-state index contributed by atoms with van der Waals surface area (Å²) in [6.07, 6.45) is 4.90. The number of amides is 1. The number of para-hydroxylation sites is 2. The number of thioether (sulfide) groups is 1. The molecule has 0 atom stereocenters. The Balaban J connectivity index is 1.81. The molecule has 3 rings (SSSR count). The smallest absolute Gasteiger partial charge is 0.323 e. The zero-order valence-electron chi connectivity index (χ0n) is 15.2. The number of anilines is 1. The first kappa shape index (κ1) is 20.6. The summed E-state index contributed by atoms with van der Waals surface area (Å²) in [6, 6.07) is 7.10. The van der Waals surface area contributed by atoms with Crippen LogP contribution in [0.5, 0.6) is 5.75 Å². The number of rotatable bonds is 6. The van der Waals surface area contributed by atoms with Crippen molar-refractivity contribution in [1.82, 2.24) is 4.90 Å². The summed E-state index contributed by atoms with van der Waals surface area (Å²) >= 11 is 6.10. The summed E-state index contributed by atoms with van der Waals surface area (Å²) in [4.78, 5) is 37.3. The normalized spacial score (nSPS) is 19.1. The van der Waals surface area contributed by atoms with Crippen molar-refractivity contribution in [2.75, 3.05) is 18.0 Å². The number of benzene rings is 1. The second kappa shape index (κ2) is 8.50. The van der Waals surface area contributed by atoms with Gasteiger partial charge in [0.15, 0.2) is 5.75 Å². The second-order valence-electron chi connectivity index (χ2n) is 6.13. The zero-order chi connectivity index (χ0) is 21.1. The molecule has 8 nitrogen and oxygen atoms in total. The number of aliphatic carboxylic acids is 2. The zero-order valence-corrected chi connectivity index (χ0v) is 16.8. The van der Waals surface area contributed by atoms with E-state index in [2.05, 4.69) is 0 Å². The average molecular weight is 432 g/mol. The van der Waals surface area contributed by atoms with Crippen LogP contribution in [0.15, 0.2) is 58.9 Å². The molecule has 2 N–H and O–H groups in total. The van der Waals surface area contributed by atoms with Crippen LogP contribution in [-0.4, -0.2) is 50.4 Å². The maximum atomic E-state index is 12.3. The molecule has 1 aromatic carbocycles. The number of ether oxygens (including phenoxy) is 1. The summed E-state index contributed by atoms with van der Waals surface area (Å²) in [5, 5.41) is 18.1. The molecule has 2 heterocycles. The van der Waals surface area contributed by atoms with E-state index >= 15 is 0 Å². The van der Waals surface area contributed by atoms with Gasteiger partial charge in [-0.15, -0.1) is 0 Å². The summed E-state index contributed by atoms with van der Waals surface area (Å²) in [5.74, 6) is -1.70. The van der Waals surface area contributed by atoms with Crippen molar-refractivity contribution < 1.29 is 29.3 Å². The molecule has 0 bridgehead atoms. The van der Waals surface area contributed by atoms with Gasteiger partial charge in [-0.3, -0.25) is 24.2 Å². The number of thiocarbonyl (C=S) groups is 1. The number of hydrogen-bond donors (Lipinski definition) is 2. The molecule has 1 amide bonds. The third-order valence-electron chi connectivity index (χ3n) is 3.94. The van der Waals surface area contributed by atoms with Crippen molar-refractivity contribution >= 4 is 51.8 Å². The van der Waals surface area contributed by atoms with Gasteiger partial charge in [-0.25, -0.2) is 0 Å². The molecular weight excluding hydrogens is 416 g/mol. The molecule has 0 spiro atoms. The van der Waals surface area contributed by atoms with E-state index in [-0.39, 0.29) is 10.9 Å². The summed E-state index contributed by atoms with van der Waals surface area (Å²) in [5.41, 5.74) is 1.34. The molecule has 0 saturated carbocycles. The van der Waals surface area contributed by atoms with Crippen molar-refractivity contribution in [2.45, 2.75) is 6.92 Å². The number of nitrogens with zero attached hydrogens (tertiary/aromatic N) is 2. The van der Waals surface area contributed by atoms with E-state index in [1.165, 1.54) is 4.90 Å². The van der Waals surface area contributed by atoms with Gasteiger partial charge < -0.3 is 14.9 Å². The minimum Gasteiger partial charge on any atom is -0.480 e. The largest absolute Gasteiger partial charge is 0.480 e. The maximum Gasteiger partial charge on any atom is 0.323 e. The first-order valence-electron chi connectivity index (χ1n) is 8.38. The fraction of sp³-hybridized carbons (Fsp3) is 0.158. The third kappa shape index (κ3) is 4.66. The SMILES string of the molecule is CC(=CC=C1Oc2ccccc2N1CC(=O)O)C=C1SC(=S)N(CC(=O)O)C1=O. The molecule has 2 aliphatic heterocycles. The lowest BCUT2D eigenvalue weighted by Gasteiger charge is -2.15. The topological polar surface area (TPSA) is 107 Å². The summed E-state index contributed by atoms with van der Waals surface area (Å²) in [7, 11) is 0. The van der Waals surface area contributed by atoms with Crippen LogP contribution in [0.3, 0.4) is 0 Å². The second-order valence-corrected chi connectivity index (χ2v) is 7.80. The van der Waals surface area contributed by atoms with Crippen LogP contribution in [0.25, 0.3) is 0 Å². The molecule has 1 saturated heterocycles. The van der Waals surface area contributed by atoms with E-state index in [0.717, 1.165) is 16.7 Å². The Labute approximate surface area is 175 Å².